The third-order valence-corrected chi connectivity index (χ3v) is 5.19. The van der Waals surface area contributed by atoms with E-state index in [1.54, 1.807) is 5.57 Å². The van der Waals surface area contributed by atoms with Crippen LogP contribution in [-0.4, -0.2) is 30.9 Å². The quantitative estimate of drug-likeness (QED) is 0.561. The fourth-order valence-corrected chi connectivity index (χ4v) is 3.82. The number of aryl methyl sites for hydroxylation is 1. The van der Waals surface area contributed by atoms with Crippen LogP contribution in [0.5, 0.6) is 0 Å². The molecule has 0 aliphatic heterocycles. The number of ether oxygens (including phenoxy) is 1. The third-order valence-electron chi connectivity index (χ3n) is 5.19. The van der Waals surface area contributed by atoms with Gasteiger partial charge in [0.1, 0.15) is 0 Å². The SMILES string of the molecule is OC(CNCCC1=CCCCC1)COC1CCCc2ccccc21. The highest BCUT2D eigenvalue weighted by molar-refractivity contribution is 5.31. The van der Waals surface area contributed by atoms with Gasteiger partial charge in [-0.2, -0.15) is 0 Å². The van der Waals surface area contributed by atoms with Gasteiger partial charge >= 0.3 is 0 Å². The Morgan fingerprint density at radius 2 is 2.08 bits per heavy atom. The number of allylic oxidation sites excluding steroid dienone is 1. The molecule has 0 radical (unpaired) electrons. The van der Waals surface area contributed by atoms with Gasteiger partial charge in [-0.05, 0) is 69.0 Å². The molecule has 0 heterocycles. The second-order valence-electron chi connectivity index (χ2n) is 7.13. The Balaban J connectivity index is 1.34. The lowest BCUT2D eigenvalue weighted by molar-refractivity contribution is -0.0166. The van der Waals surface area contributed by atoms with Crippen molar-refractivity contribution >= 4 is 0 Å². The number of aliphatic hydroxyl groups excluding tert-OH is 1. The molecule has 2 atom stereocenters. The van der Waals surface area contributed by atoms with Crippen LogP contribution >= 0.6 is 0 Å². The summed E-state index contributed by atoms with van der Waals surface area (Å²) >= 11 is 0. The van der Waals surface area contributed by atoms with Gasteiger partial charge in [-0.15, -0.1) is 0 Å². The van der Waals surface area contributed by atoms with Gasteiger partial charge < -0.3 is 15.2 Å². The third kappa shape index (κ3) is 5.17. The number of hydrogen-bond donors (Lipinski definition) is 2. The molecule has 2 aliphatic rings. The lowest BCUT2D eigenvalue weighted by Gasteiger charge is -2.26. The van der Waals surface area contributed by atoms with E-state index in [1.807, 2.05) is 0 Å². The lowest BCUT2D eigenvalue weighted by atomic mass is 9.89. The molecular formula is C21H31NO2. The van der Waals surface area contributed by atoms with Crippen LogP contribution in [0.3, 0.4) is 0 Å². The van der Waals surface area contributed by atoms with E-state index in [4.69, 9.17) is 4.74 Å². The molecule has 132 valence electrons. The first-order chi connectivity index (χ1) is 11.8. The van der Waals surface area contributed by atoms with Crippen molar-refractivity contribution in [2.24, 2.45) is 0 Å². The second-order valence-corrected chi connectivity index (χ2v) is 7.13. The first-order valence-corrected chi connectivity index (χ1v) is 9.59. The van der Waals surface area contributed by atoms with Gasteiger partial charge in [0.2, 0.25) is 0 Å². The van der Waals surface area contributed by atoms with E-state index in [-0.39, 0.29) is 6.10 Å². The Labute approximate surface area is 146 Å². The molecule has 0 saturated heterocycles. The zero-order chi connectivity index (χ0) is 16.6. The molecule has 0 spiro atoms. The average Bonchev–Trinajstić information content (AvgIpc) is 2.64. The van der Waals surface area contributed by atoms with Crippen LogP contribution in [0.1, 0.15) is 62.2 Å². The number of aliphatic hydroxyl groups is 1. The van der Waals surface area contributed by atoms with Crippen molar-refractivity contribution in [2.75, 3.05) is 19.7 Å². The molecule has 2 aliphatic carbocycles. The minimum atomic E-state index is -0.431. The molecule has 0 fully saturated rings. The van der Waals surface area contributed by atoms with E-state index in [2.05, 4.69) is 35.7 Å². The van der Waals surface area contributed by atoms with Crippen LogP contribution < -0.4 is 5.32 Å². The maximum Gasteiger partial charge on any atom is 0.0897 e. The number of nitrogens with one attached hydrogen (secondary N) is 1. The fraction of sp³-hybridized carbons (Fsp3) is 0.619. The monoisotopic (exact) mass is 329 g/mol. The number of hydrogen-bond acceptors (Lipinski definition) is 3. The predicted molar refractivity (Wildman–Crippen MR) is 98.1 cm³/mol. The van der Waals surface area contributed by atoms with Crippen molar-refractivity contribution in [2.45, 2.75) is 63.6 Å². The number of benzene rings is 1. The van der Waals surface area contributed by atoms with Crippen LogP contribution in [0.15, 0.2) is 35.9 Å². The molecule has 3 nitrogen and oxygen atoms in total. The van der Waals surface area contributed by atoms with Gasteiger partial charge in [0.05, 0.1) is 18.8 Å². The molecule has 3 rings (SSSR count). The van der Waals surface area contributed by atoms with Crippen molar-refractivity contribution in [1.82, 2.24) is 5.32 Å². The van der Waals surface area contributed by atoms with E-state index in [9.17, 15) is 5.11 Å². The summed E-state index contributed by atoms with van der Waals surface area (Å²) in [6.45, 7) is 1.98. The second kappa shape index (κ2) is 9.36. The topological polar surface area (TPSA) is 41.5 Å². The normalized spacial score (nSPS) is 21.9. The van der Waals surface area contributed by atoms with Crippen LogP contribution in [0.2, 0.25) is 0 Å². The van der Waals surface area contributed by atoms with E-state index in [0.717, 1.165) is 25.8 Å². The molecule has 0 amide bonds. The predicted octanol–water partition coefficient (Wildman–Crippen LogP) is 3.92. The summed E-state index contributed by atoms with van der Waals surface area (Å²) in [5.74, 6) is 0. The van der Waals surface area contributed by atoms with Gasteiger partial charge in [-0.3, -0.25) is 0 Å². The highest BCUT2D eigenvalue weighted by Gasteiger charge is 2.21. The van der Waals surface area contributed by atoms with Gasteiger partial charge in [-0.25, -0.2) is 0 Å². The lowest BCUT2D eigenvalue weighted by Crippen LogP contribution is -2.32. The van der Waals surface area contributed by atoms with Gasteiger partial charge in [-0.1, -0.05) is 35.9 Å². The summed E-state index contributed by atoms with van der Waals surface area (Å²) in [6, 6.07) is 8.55. The molecule has 1 aromatic rings. The summed E-state index contributed by atoms with van der Waals surface area (Å²) in [6.07, 6.45) is 11.8. The van der Waals surface area contributed by atoms with Crippen molar-refractivity contribution in [1.29, 1.82) is 0 Å². The van der Waals surface area contributed by atoms with Gasteiger partial charge in [0.15, 0.2) is 0 Å². The molecule has 0 bridgehead atoms. The number of fused-ring (bicyclic) bond motifs is 1. The maximum absolute atomic E-state index is 10.2. The highest BCUT2D eigenvalue weighted by atomic mass is 16.5. The molecule has 1 aromatic carbocycles. The van der Waals surface area contributed by atoms with E-state index < -0.39 is 6.10 Å². The molecule has 2 unspecified atom stereocenters. The Bertz CT molecular complexity index is 540. The van der Waals surface area contributed by atoms with E-state index >= 15 is 0 Å². The molecule has 2 N–H and O–H groups in total. The summed E-state index contributed by atoms with van der Waals surface area (Å²) in [4.78, 5) is 0. The highest BCUT2D eigenvalue weighted by Crippen LogP contribution is 2.32. The van der Waals surface area contributed by atoms with Crippen LogP contribution in [0.4, 0.5) is 0 Å². The molecule has 24 heavy (non-hydrogen) atoms. The minimum Gasteiger partial charge on any atom is -0.389 e. The van der Waals surface area contributed by atoms with E-state index in [0.29, 0.717) is 13.2 Å². The Morgan fingerprint density at radius 1 is 1.17 bits per heavy atom. The minimum absolute atomic E-state index is 0.150. The average molecular weight is 329 g/mol. The first-order valence-electron chi connectivity index (χ1n) is 9.59. The molecular weight excluding hydrogens is 298 g/mol. The Kier molecular flexibility index (Phi) is 6.88. The maximum atomic E-state index is 10.2. The van der Waals surface area contributed by atoms with Crippen molar-refractivity contribution in [3.8, 4) is 0 Å². The van der Waals surface area contributed by atoms with Crippen LogP contribution in [-0.2, 0) is 11.2 Å². The summed E-state index contributed by atoms with van der Waals surface area (Å²) in [5.41, 5.74) is 4.30. The molecule has 3 heteroatoms. The van der Waals surface area contributed by atoms with E-state index in [1.165, 1.54) is 43.2 Å². The Morgan fingerprint density at radius 3 is 2.96 bits per heavy atom. The van der Waals surface area contributed by atoms with Crippen molar-refractivity contribution in [3.63, 3.8) is 0 Å². The Hall–Kier alpha value is -1.16. The fourth-order valence-electron chi connectivity index (χ4n) is 3.82. The van der Waals surface area contributed by atoms with Crippen molar-refractivity contribution in [3.05, 3.63) is 47.0 Å². The van der Waals surface area contributed by atoms with Gasteiger partial charge in [0.25, 0.3) is 0 Å². The number of rotatable bonds is 8. The van der Waals surface area contributed by atoms with Crippen LogP contribution in [0.25, 0.3) is 0 Å². The van der Waals surface area contributed by atoms with Crippen LogP contribution in [0, 0.1) is 0 Å². The zero-order valence-electron chi connectivity index (χ0n) is 14.7. The summed E-state index contributed by atoms with van der Waals surface area (Å²) in [7, 11) is 0. The standard InChI is InChI=1S/C21H31NO2/c23-19(15-22-14-13-17-7-2-1-3-8-17)16-24-21-12-6-10-18-9-4-5-11-20(18)21/h4-5,7,9,11,19,21-23H,1-3,6,8,10,12-16H2. The molecule has 0 saturated carbocycles. The summed E-state index contributed by atoms with van der Waals surface area (Å²) in [5, 5.41) is 13.5. The first kappa shape index (κ1) is 17.7. The largest absolute Gasteiger partial charge is 0.389 e. The smallest absolute Gasteiger partial charge is 0.0897 e. The summed E-state index contributed by atoms with van der Waals surface area (Å²) < 4.78 is 6.02. The van der Waals surface area contributed by atoms with Gasteiger partial charge in [0, 0.05) is 6.54 Å². The zero-order valence-corrected chi connectivity index (χ0v) is 14.7. The van der Waals surface area contributed by atoms with Crippen molar-refractivity contribution < 1.29 is 9.84 Å². The molecule has 0 aromatic heterocycles.